The molecule has 0 unspecified atom stereocenters. The van der Waals surface area contributed by atoms with Crippen molar-refractivity contribution in [3.8, 4) is 0 Å². The Morgan fingerprint density at radius 2 is 2.03 bits per heavy atom. The zero-order valence-electron chi connectivity index (χ0n) is 17.2. The molecule has 4 rings (SSSR count). The van der Waals surface area contributed by atoms with Gasteiger partial charge in [-0.3, -0.25) is 14.6 Å². The molecular weight excluding hydrogens is 402 g/mol. The van der Waals surface area contributed by atoms with E-state index in [-0.39, 0.29) is 17.9 Å². The molecule has 1 aromatic carbocycles. The molecule has 3 aromatic rings. The molecule has 1 saturated heterocycles. The maximum Gasteiger partial charge on any atom is 0.255 e. The first-order valence-corrected chi connectivity index (χ1v) is 10.8. The van der Waals surface area contributed by atoms with Crippen LogP contribution in [0.5, 0.6) is 0 Å². The molecule has 0 aliphatic carbocycles. The van der Waals surface area contributed by atoms with E-state index in [4.69, 9.17) is 4.74 Å². The summed E-state index contributed by atoms with van der Waals surface area (Å²) in [6, 6.07) is 7.94. The number of aromatic amines is 1. The predicted octanol–water partition coefficient (Wildman–Crippen LogP) is 2.12. The van der Waals surface area contributed by atoms with Crippen molar-refractivity contribution in [2.45, 2.75) is 26.3 Å². The van der Waals surface area contributed by atoms with Gasteiger partial charge in [0.15, 0.2) is 0 Å². The number of ether oxygens (including phenoxy) is 1. The molecule has 3 heterocycles. The first-order valence-electron chi connectivity index (χ1n) is 10.0. The Balaban J connectivity index is 1.38. The van der Waals surface area contributed by atoms with E-state index in [9.17, 15) is 9.59 Å². The van der Waals surface area contributed by atoms with Crippen LogP contribution in [0.15, 0.2) is 29.1 Å². The van der Waals surface area contributed by atoms with E-state index in [1.54, 1.807) is 23.3 Å². The minimum Gasteiger partial charge on any atom is -0.378 e. The number of anilines is 1. The van der Waals surface area contributed by atoms with Crippen LogP contribution in [0, 0.1) is 6.92 Å². The third-order valence-electron chi connectivity index (χ3n) is 5.25. The molecule has 8 nitrogen and oxygen atoms in total. The van der Waals surface area contributed by atoms with Gasteiger partial charge in [-0.15, -0.1) is 11.3 Å². The van der Waals surface area contributed by atoms with Crippen LogP contribution in [0.1, 0.15) is 22.7 Å². The molecular formula is C21H25N5O3S. The number of hydrogen-bond acceptors (Lipinski definition) is 7. The van der Waals surface area contributed by atoms with Gasteiger partial charge >= 0.3 is 0 Å². The van der Waals surface area contributed by atoms with Crippen LogP contribution in [0.25, 0.3) is 10.2 Å². The highest BCUT2D eigenvalue weighted by atomic mass is 32.1. The highest BCUT2D eigenvalue weighted by Crippen LogP contribution is 2.22. The standard InChI is InChI=1S/C21H25N5O3S/c1-14-15(20(28)24-21(22-14)26-9-11-29-12-10-26)7-8-19(27)25(2)13-18-23-16-5-3-4-6-17(16)30-18/h3-6H,7-13H2,1-2H3,(H,22,24,28). The van der Waals surface area contributed by atoms with Crippen molar-refractivity contribution in [1.82, 2.24) is 19.9 Å². The summed E-state index contributed by atoms with van der Waals surface area (Å²) in [7, 11) is 1.77. The normalized spacial score (nSPS) is 14.3. The smallest absolute Gasteiger partial charge is 0.255 e. The fourth-order valence-corrected chi connectivity index (χ4v) is 4.54. The molecule has 2 aromatic heterocycles. The van der Waals surface area contributed by atoms with Crippen molar-refractivity contribution >= 4 is 33.4 Å². The summed E-state index contributed by atoms with van der Waals surface area (Å²) in [5.41, 5.74) is 2.01. The fourth-order valence-electron chi connectivity index (χ4n) is 3.52. The maximum atomic E-state index is 12.6. The van der Waals surface area contributed by atoms with Crippen LogP contribution in [0.3, 0.4) is 0 Å². The Morgan fingerprint density at radius 3 is 2.77 bits per heavy atom. The Morgan fingerprint density at radius 1 is 1.27 bits per heavy atom. The first kappa shape index (κ1) is 20.5. The number of para-hydroxylation sites is 1. The van der Waals surface area contributed by atoms with Crippen molar-refractivity contribution in [2.75, 3.05) is 38.3 Å². The molecule has 30 heavy (non-hydrogen) atoms. The SMILES string of the molecule is Cc1nc(N2CCOCC2)[nH]c(=O)c1CCC(=O)N(C)Cc1nc2ccccc2s1. The largest absolute Gasteiger partial charge is 0.378 e. The molecule has 1 N–H and O–H groups in total. The van der Waals surface area contributed by atoms with Gasteiger partial charge in [0.25, 0.3) is 5.56 Å². The van der Waals surface area contributed by atoms with Gasteiger partial charge in [-0.25, -0.2) is 9.97 Å². The molecule has 1 amide bonds. The number of H-pyrrole nitrogens is 1. The monoisotopic (exact) mass is 427 g/mol. The number of aryl methyl sites for hydroxylation is 1. The van der Waals surface area contributed by atoms with Crippen LogP contribution < -0.4 is 10.5 Å². The molecule has 0 bridgehead atoms. The van der Waals surface area contributed by atoms with Crippen LogP contribution in [0.4, 0.5) is 5.95 Å². The van der Waals surface area contributed by atoms with E-state index in [2.05, 4.69) is 15.0 Å². The second kappa shape index (κ2) is 8.93. The number of carbonyl (C=O) groups excluding carboxylic acids is 1. The average molecular weight is 428 g/mol. The van der Waals surface area contributed by atoms with Gasteiger partial charge in [-0.05, 0) is 25.5 Å². The van der Waals surface area contributed by atoms with Crippen molar-refractivity contribution in [3.63, 3.8) is 0 Å². The number of nitrogens with one attached hydrogen (secondary N) is 1. The second-order valence-corrected chi connectivity index (χ2v) is 8.49. The molecule has 158 valence electrons. The number of morpholine rings is 1. The summed E-state index contributed by atoms with van der Waals surface area (Å²) in [5.74, 6) is 0.550. The topological polar surface area (TPSA) is 91.4 Å². The van der Waals surface area contributed by atoms with Crippen LogP contribution in [0.2, 0.25) is 0 Å². The Kier molecular flexibility index (Phi) is 6.10. The van der Waals surface area contributed by atoms with E-state index in [0.29, 0.717) is 56.5 Å². The van der Waals surface area contributed by atoms with Crippen molar-refractivity contribution in [2.24, 2.45) is 0 Å². The average Bonchev–Trinajstić information content (AvgIpc) is 3.15. The first-order chi connectivity index (χ1) is 14.5. The van der Waals surface area contributed by atoms with Gasteiger partial charge in [0.1, 0.15) is 5.01 Å². The summed E-state index contributed by atoms with van der Waals surface area (Å²) in [6.45, 7) is 4.94. The van der Waals surface area contributed by atoms with E-state index >= 15 is 0 Å². The number of carbonyl (C=O) groups is 1. The summed E-state index contributed by atoms with van der Waals surface area (Å²) in [6.07, 6.45) is 0.616. The number of fused-ring (bicyclic) bond motifs is 1. The molecule has 0 atom stereocenters. The van der Waals surface area contributed by atoms with Gasteiger partial charge in [0, 0.05) is 37.8 Å². The molecule has 1 fully saturated rings. The maximum absolute atomic E-state index is 12.6. The third kappa shape index (κ3) is 4.52. The zero-order valence-corrected chi connectivity index (χ0v) is 18.0. The zero-order chi connectivity index (χ0) is 21.1. The Labute approximate surface area is 178 Å². The van der Waals surface area contributed by atoms with Gasteiger partial charge in [-0.1, -0.05) is 12.1 Å². The number of benzene rings is 1. The van der Waals surface area contributed by atoms with Crippen LogP contribution in [-0.4, -0.2) is 59.1 Å². The molecule has 0 spiro atoms. The fraction of sp³-hybridized carbons (Fsp3) is 0.429. The van der Waals surface area contributed by atoms with Gasteiger partial charge in [0.05, 0.1) is 30.0 Å². The molecule has 9 heteroatoms. The summed E-state index contributed by atoms with van der Waals surface area (Å²) >= 11 is 1.59. The summed E-state index contributed by atoms with van der Waals surface area (Å²) < 4.78 is 6.46. The molecule has 1 aliphatic rings. The number of amides is 1. The van der Waals surface area contributed by atoms with E-state index in [1.165, 1.54) is 0 Å². The summed E-state index contributed by atoms with van der Waals surface area (Å²) in [4.78, 5) is 40.9. The Hall–Kier alpha value is -2.78. The number of aromatic nitrogens is 3. The lowest BCUT2D eigenvalue weighted by Gasteiger charge is -2.27. The third-order valence-corrected chi connectivity index (χ3v) is 6.27. The van der Waals surface area contributed by atoms with Crippen LogP contribution >= 0.6 is 11.3 Å². The van der Waals surface area contributed by atoms with Gasteiger partial charge < -0.3 is 14.5 Å². The molecule has 1 aliphatic heterocycles. The summed E-state index contributed by atoms with van der Waals surface area (Å²) in [5, 5.41) is 0.901. The van der Waals surface area contributed by atoms with Gasteiger partial charge in [-0.2, -0.15) is 0 Å². The van der Waals surface area contributed by atoms with Crippen LogP contribution in [-0.2, 0) is 22.5 Å². The van der Waals surface area contributed by atoms with Crippen molar-refractivity contribution in [1.29, 1.82) is 0 Å². The number of hydrogen-bond donors (Lipinski definition) is 1. The quantitative estimate of drug-likeness (QED) is 0.648. The second-order valence-electron chi connectivity index (χ2n) is 7.38. The number of thiazole rings is 1. The van der Waals surface area contributed by atoms with Gasteiger partial charge in [0.2, 0.25) is 11.9 Å². The van der Waals surface area contributed by atoms with Crippen molar-refractivity contribution in [3.05, 3.63) is 50.9 Å². The lowest BCUT2D eigenvalue weighted by atomic mass is 10.1. The molecule has 0 saturated carbocycles. The van der Waals surface area contributed by atoms with E-state index < -0.39 is 0 Å². The van der Waals surface area contributed by atoms with Crippen molar-refractivity contribution < 1.29 is 9.53 Å². The minimum atomic E-state index is -0.175. The lowest BCUT2D eigenvalue weighted by molar-refractivity contribution is -0.130. The Bertz CT molecular complexity index is 1070. The number of rotatable bonds is 6. The van der Waals surface area contributed by atoms with E-state index in [1.807, 2.05) is 36.1 Å². The lowest BCUT2D eigenvalue weighted by Crippen LogP contribution is -2.38. The molecule has 0 radical (unpaired) electrons. The highest BCUT2D eigenvalue weighted by molar-refractivity contribution is 7.18. The minimum absolute atomic E-state index is 0.0229. The predicted molar refractivity (Wildman–Crippen MR) is 117 cm³/mol. The van der Waals surface area contributed by atoms with E-state index in [0.717, 1.165) is 15.2 Å². The number of nitrogens with zero attached hydrogens (tertiary/aromatic N) is 4. The highest BCUT2D eigenvalue weighted by Gasteiger charge is 2.18.